The number of ether oxygens (including phenoxy) is 1. The van der Waals surface area contributed by atoms with Crippen molar-refractivity contribution >= 4 is 23.4 Å². The van der Waals surface area contributed by atoms with Crippen LogP contribution < -0.4 is 0 Å². The highest BCUT2D eigenvalue weighted by atomic mass is 32.1. The van der Waals surface area contributed by atoms with Crippen molar-refractivity contribution in [3.05, 3.63) is 22.4 Å². The van der Waals surface area contributed by atoms with Gasteiger partial charge in [0, 0.05) is 18.0 Å². The maximum Gasteiger partial charge on any atom is 0.410 e. The number of thiophene rings is 1. The predicted molar refractivity (Wildman–Crippen MR) is 61.8 cm³/mol. The molecule has 17 heavy (non-hydrogen) atoms. The van der Waals surface area contributed by atoms with Crippen molar-refractivity contribution < 1.29 is 19.4 Å². The molecule has 1 saturated heterocycles. The predicted octanol–water partition coefficient (Wildman–Crippen LogP) is 1.79. The number of rotatable bonds is 3. The van der Waals surface area contributed by atoms with Crippen LogP contribution in [0.5, 0.6) is 0 Å². The number of nitrogens with zero attached hydrogens (tertiary/aromatic N) is 1. The van der Waals surface area contributed by atoms with Crippen molar-refractivity contribution in [2.24, 2.45) is 5.92 Å². The molecule has 0 radical (unpaired) electrons. The minimum atomic E-state index is -0.849. The number of carbonyl (C=O) groups is 2. The van der Waals surface area contributed by atoms with E-state index in [4.69, 9.17) is 9.84 Å². The van der Waals surface area contributed by atoms with Gasteiger partial charge in [0.15, 0.2) is 0 Å². The van der Waals surface area contributed by atoms with Crippen LogP contribution in [0.15, 0.2) is 17.5 Å². The number of likely N-dealkylation sites (tertiary alicyclic amines) is 1. The van der Waals surface area contributed by atoms with Crippen molar-refractivity contribution in [3.63, 3.8) is 0 Å². The van der Waals surface area contributed by atoms with Crippen LogP contribution in [0.1, 0.15) is 11.3 Å². The number of hydrogen-bond acceptors (Lipinski definition) is 4. The summed E-state index contributed by atoms with van der Waals surface area (Å²) in [7, 11) is 0. The number of carbonyl (C=O) groups excluding carboxylic acids is 1. The van der Waals surface area contributed by atoms with E-state index in [0.29, 0.717) is 13.0 Å². The SMILES string of the molecule is O=C(O)C1CCN(C(=O)OCc2cccs2)C1. The van der Waals surface area contributed by atoms with Crippen LogP contribution in [0.2, 0.25) is 0 Å². The smallest absolute Gasteiger partial charge is 0.410 e. The Balaban J connectivity index is 1.79. The van der Waals surface area contributed by atoms with Crippen molar-refractivity contribution in [3.8, 4) is 0 Å². The Hall–Kier alpha value is -1.56. The minimum Gasteiger partial charge on any atom is -0.481 e. The molecule has 1 aliphatic rings. The molecule has 1 N–H and O–H groups in total. The summed E-state index contributed by atoms with van der Waals surface area (Å²) in [5.74, 6) is -1.30. The van der Waals surface area contributed by atoms with Crippen LogP contribution in [-0.4, -0.2) is 35.2 Å². The van der Waals surface area contributed by atoms with Gasteiger partial charge >= 0.3 is 12.1 Å². The lowest BCUT2D eigenvalue weighted by Gasteiger charge is -2.15. The fraction of sp³-hybridized carbons (Fsp3) is 0.455. The lowest BCUT2D eigenvalue weighted by molar-refractivity contribution is -0.141. The molecule has 5 nitrogen and oxygen atoms in total. The Kier molecular flexibility index (Phi) is 3.63. The Morgan fingerprint density at radius 1 is 1.59 bits per heavy atom. The number of carboxylic acids is 1. The average Bonchev–Trinajstić information content (AvgIpc) is 2.96. The lowest BCUT2D eigenvalue weighted by Crippen LogP contribution is -2.30. The molecule has 0 aliphatic carbocycles. The highest BCUT2D eigenvalue weighted by Gasteiger charge is 2.31. The second-order valence-corrected chi connectivity index (χ2v) is 4.94. The van der Waals surface area contributed by atoms with Crippen molar-refractivity contribution in [2.75, 3.05) is 13.1 Å². The molecule has 1 amide bonds. The van der Waals surface area contributed by atoms with E-state index in [2.05, 4.69) is 0 Å². The average molecular weight is 255 g/mol. The highest BCUT2D eigenvalue weighted by molar-refractivity contribution is 7.09. The van der Waals surface area contributed by atoms with Gasteiger partial charge in [-0.2, -0.15) is 0 Å². The van der Waals surface area contributed by atoms with E-state index < -0.39 is 18.0 Å². The van der Waals surface area contributed by atoms with E-state index in [-0.39, 0.29) is 13.2 Å². The van der Waals surface area contributed by atoms with E-state index in [1.54, 1.807) is 0 Å². The number of carboxylic acid groups (broad SMARTS) is 1. The fourth-order valence-corrected chi connectivity index (χ4v) is 2.36. The summed E-state index contributed by atoms with van der Waals surface area (Å²) in [6, 6.07) is 3.78. The maximum atomic E-state index is 11.6. The summed E-state index contributed by atoms with van der Waals surface area (Å²) in [4.78, 5) is 24.8. The molecule has 1 fully saturated rings. The number of aliphatic carboxylic acids is 1. The van der Waals surface area contributed by atoms with Gasteiger partial charge in [-0.1, -0.05) is 6.07 Å². The summed E-state index contributed by atoms with van der Waals surface area (Å²) in [5.41, 5.74) is 0. The van der Waals surface area contributed by atoms with E-state index >= 15 is 0 Å². The molecule has 0 aromatic carbocycles. The van der Waals surface area contributed by atoms with Crippen molar-refractivity contribution in [1.29, 1.82) is 0 Å². The second-order valence-electron chi connectivity index (χ2n) is 3.90. The molecule has 1 unspecified atom stereocenters. The third-order valence-electron chi connectivity index (χ3n) is 2.71. The van der Waals surface area contributed by atoms with Crippen molar-refractivity contribution in [1.82, 2.24) is 4.90 Å². The summed E-state index contributed by atoms with van der Waals surface area (Å²) >= 11 is 1.52. The zero-order valence-electron chi connectivity index (χ0n) is 9.17. The summed E-state index contributed by atoms with van der Waals surface area (Å²) in [5, 5.41) is 10.7. The Labute approximate surface area is 103 Å². The molecule has 0 spiro atoms. The van der Waals surface area contributed by atoms with Crippen LogP contribution in [0.4, 0.5) is 4.79 Å². The van der Waals surface area contributed by atoms with E-state index in [1.165, 1.54) is 16.2 Å². The van der Waals surface area contributed by atoms with Crippen LogP contribution in [0, 0.1) is 5.92 Å². The molecule has 2 heterocycles. The van der Waals surface area contributed by atoms with Gasteiger partial charge < -0.3 is 14.7 Å². The fourth-order valence-electron chi connectivity index (χ4n) is 1.75. The Bertz CT molecular complexity index is 404. The summed E-state index contributed by atoms with van der Waals surface area (Å²) < 4.78 is 5.10. The largest absolute Gasteiger partial charge is 0.481 e. The standard InChI is InChI=1S/C11H13NO4S/c13-10(14)8-3-4-12(6-8)11(15)16-7-9-2-1-5-17-9/h1-2,5,8H,3-4,6-7H2,(H,13,14). The van der Waals surface area contributed by atoms with Crippen LogP contribution in [-0.2, 0) is 16.1 Å². The van der Waals surface area contributed by atoms with Gasteiger partial charge in [-0.25, -0.2) is 4.79 Å². The van der Waals surface area contributed by atoms with Gasteiger partial charge in [0.05, 0.1) is 5.92 Å². The number of amides is 1. The van der Waals surface area contributed by atoms with Gasteiger partial charge in [0.1, 0.15) is 6.61 Å². The van der Waals surface area contributed by atoms with E-state index in [9.17, 15) is 9.59 Å². The maximum absolute atomic E-state index is 11.6. The molecule has 0 bridgehead atoms. The first-order chi connectivity index (χ1) is 8.16. The third kappa shape index (κ3) is 2.97. The summed E-state index contributed by atoms with van der Waals surface area (Å²) in [6.07, 6.45) is 0.0748. The zero-order valence-corrected chi connectivity index (χ0v) is 9.98. The molecule has 6 heteroatoms. The highest BCUT2D eigenvalue weighted by Crippen LogP contribution is 2.18. The molecular weight excluding hydrogens is 242 g/mol. The molecule has 1 aromatic heterocycles. The van der Waals surface area contributed by atoms with Crippen LogP contribution >= 0.6 is 11.3 Å². The third-order valence-corrected chi connectivity index (χ3v) is 3.56. The monoisotopic (exact) mass is 255 g/mol. The zero-order chi connectivity index (χ0) is 12.3. The topological polar surface area (TPSA) is 66.8 Å². The van der Waals surface area contributed by atoms with Gasteiger partial charge in [-0.05, 0) is 17.9 Å². The Morgan fingerprint density at radius 2 is 2.41 bits per heavy atom. The summed E-state index contributed by atoms with van der Waals surface area (Å²) in [6.45, 7) is 0.962. The molecule has 2 rings (SSSR count). The molecule has 1 atom stereocenters. The van der Waals surface area contributed by atoms with Crippen LogP contribution in [0.25, 0.3) is 0 Å². The lowest BCUT2D eigenvalue weighted by atomic mass is 10.1. The van der Waals surface area contributed by atoms with E-state index in [1.807, 2.05) is 17.5 Å². The molecule has 0 saturated carbocycles. The first-order valence-corrected chi connectivity index (χ1v) is 6.21. The van der Waals surface area contributed by atoms with Crippen molar-refractivity contribution in [2.45, 2.75) is 13.0 Å². The second kappa shape index (κ2) is 5.18. The molecular formula is C11H13NO4S. The number of hydrogen-bond donors (Lipinski definition) is 1. The van der Waals surface area contributed by atoms with Gasteiger partial charge in [0.2, 0.25) is 0 Å². The normalized spacial score (nSPS) is 19.3. The minimum absolute atomic E-state index is 0.249. The van der Waals surface area contributed by atoms with Crippen LogP contribution in [0.3, 0.4) is 0 Å². The first kappa shape index (κ1) is 11.9. The molecule has 92 valence electrons. The molecule has 1 aromatic rings. The quantitative estimate of drug-likeness (QED) is 0.894. The van der Waals surface area contributed by atoms with E-state index in [0.717, 1.165) is 4.88 Å². The van der Waals surface area contributed by atoms with Gasteiger partial charge in [-0.3, -0.25) is 4.79 Å². The Morgan fingerprint density at radius 3 is 3.00 bits per heavy atom. The van der Waals surface area contributed by atoms with Gasteiger partial charge in [0.25, 0.3) is 0 Å². The first-order valence-electron chi connectivity index (χ1n) is 5.33. The van der Waals surface area contributed by atoms with Gasteiger partial charge in [-0.15, -0.1) is 11.3 Å². The molecule has 1 aliphatic heterocycles.